The first-order chi connectivity index (χ1) is 11.9. The SMILES string of the molecule is CN=C(NCCCNS(C)(=O)=O)NCC1CC(=O)Nc2ccccc21.I. The van der Waals surface area contributed by atoms with Crippen LogP contribution in [0.15, 0.2) is 29.3 Å². The fourth-order valence-electron chi connectivity index (χ4n) is 2.68. The highest BCUT2D eigenvalue weighted by Gasteiger charge is 2.24. The van der Waals surface area contributed by atoms with Gasteiger partial charge in [-0.25, -0.2) is 13.1 Å². The topological polar surface area (TPSA) is 112 Å². The minimum atomic E-state index is -3.15. The van der Waals surface area contributed by atoms with Crippen molar-refractivity contribution in [3.05, 3.63) is 29.8 Å². The normalized spacial score (nSPS) is 16.9. The second kappa shape index (κ2) is 10.7. The number of nitrogens with one attached hydrogen (secondary N) is 4. The summed E-state index contributed by atoms with van der Waals surface area (Å²) >= 11 is 0. The van der Waals surface area contributed by atoms with E-state index in [9.17, 15) is 13.2 Å². The predicted molar refractivity (Wildman–Crippen MR) is 115 cm³/mol. The third-order valence-electron chi connectivity index (χ3n) is 3.86. The number of benzene rings is 1. The van der Waals surface area contributed by atoms with Crippen LogP contribution in [0.25, 0.3) is 0 Å². The minimum Gasteiger partial charge on any atom is -0.356 e. The number of anilines is 1. The number of carbonyl (C=O) groups is 1. The summed E-state index contributed by atoms with van der Waals surface area (Å²) in [5.74, 6) is 0.721. The summed E-state index contributed by atoms with van der Waals surface area (Å²) in [5, 5.41) is 9.25. The summed E-state index contributed by atoms with van der Waals surface area (Å²) in [5.41, 5.74) is 1.97. The molecular formula is C16H26IN5O3S. The first-order valence-electron chi connectivity index (χ1n) is 8.17. The number of para-hydroxylation sites is 1. The van der Waals surface area contributed by atoms with Gasteiger partial charge in [-0.05, 0) is 18.1 Å². The Labute approximate surface area is 171 Å². The number of fused-ring (bicyclic) bond motifs is 1. The molecule has 0 fully saturated rings. The van der Waals surface area contributed by atoms with Crippen molar-refractivity contribution in [2.45, 2.75) is 18.8 Å². The van der Waals surface area contributed by atoms with Crippen molar-refractivity contribution in [1.29, 1.82) is 0 Å². The molecule has 0 aromatic heterocycles. The van der Waals surface area contributed by atoms with E-state index >= 15 is 0 Å². The van der Waals surface area contributed by atoms with Crippen LogP contribution >= 0.6 is 24.0 Å². The Morgan fingerprint density at radius 1 is 1.27 bits per heavy atom. The number of halogens is 1. The molecule has 2 rings (SSSR count). The van der Waals surface area contributed by atoms with Crippen molar-refractivity contribution in [3.63, 3.8) is 0 Å². The van der Waals surface area contributed by atoms with E-state index in [0.717, 1.165) is 17.5 Å². The van der Waals surface area contributed by atoms with Gasteiger partial charge in [-0.15, -0.1) is 24.0 Å². The molecule has 146 valence electrons. The van der Waals surface area contributed by atoms with Crippen molar-refractivity contribution < 1.29 is 13.2 Å². The van der Waals surface area contributed by atoms with E-state index in [1.807, 2.05) is 24.3 Å². The molecule has 26 heavy (non-hydrogen) atoms. The first kappa shape index (κ1) is 22.6. The Bertz CT molecular complexity index is 739. The van der Waals surface area contributed by atoms with Gasteiger partial charge in [0.1, 0.15) is 0 Å². The molecule has 1 aromatic carbocycles. The zero-order valence-corrected chi connectivity index (χ0v) is 18.1. The number of hydrogen-bond acceptors (Lipinski definition) is 4. The standard InChI is InChI=1S/C16H25N5O3S.HI/c1-17-16(18-8-5-9-20-25(2,23)24)19-11-12-10-15(22)21-14-7-4-3-6-13(12)14;/h3-4,6-7,12,20H,5,8-11H2,1-2H3,(H,21,22)(H2,17,18,19);1H. The smallest absolute Gasteiger partial charge is 0.225 e. The maximum absolute atomic E-state index is 11.8. The van der Waals surface area contributed by atoms with Gasteiger partial charge in [0.25, 0.3) is 0 Å². The summed E-state index contributed by atoms with van der Waals surface area (Å²) in [4.78, 5) is 16.0. The van der Waals surface area contributed by atoms with Gasteiger partial charge in [-0.1, -0.05) is 18.2 Å². The van der Waals surface area contributed by atoms with Crippen molar-refractivity contribution in [2.75, 3.05) is 38.3 Å². The van der Waals surface area contributed by atoms with Crippen LogP contribution in [-0.2, 0) is 14.8 Å². The number of sulfonamides is 1. The molecule has 0 radical (unpaired) electrons. The number of aliphatic imine (C=N–C) groups is 1. The van der Waals surface area contributed by atoms with Crippen molar-refractivity contribution >= 4 is 51.6 Å². The third kappa shape index (κ3) is 7.46. The van der Waals surface area contributed by atoms with Gasteiger partial charge >= 0.3 is 0 Å². The molecule has 1 aliphatic rings. The van der Waals surface area contributed by atoms with Crippen LogP contribution in [0.1, 0.15) is 24.3 Å². The monoisotopic (exact) mass is 495 g/mol. The zero-order chi connectivity index (χ0) is 18.3. The van der Waals surface area contributed by atoms with E-state index in [1.165, 1.54) is 0 Å². The van der Waals surface area contributed by atoms with Crippen LogP contribution in [-0.4, -0.2) is 53.2 Å². The van der Waals surface area contributed by atoms with Crippen molar-refractivity contribution in [1.82, 2.24) is 15.4 Å². The lowest BCUT2D eigenvalue weighted by molar-refractivity contribution is -0.116. The summed E-state index contributed by atoms with van der Waals surface area (Å²) < 4.78 is 24.4. The van der Waals surface area contributed by atoms with Crippen LogP contribution in [0, 0.1) is 0 Å². The molecule has 0 saturated heterocycles. The lowest BCUT2D eigenvalue weighted by Gasteiger charge is -2.26. The number of hydrogen-bond donors (Lipinski definition) is 4. The lowest BCUT2D eigenvalue weighted by Crippen LogP contribution is -2.41. The molecule has 1 aliphatic heterocycles. The molecule has 1 aromatic rings. The van der Waals surface area contributed by atoms with Crippen LogP contribution in [0.5, 0.6) is 0 Å². The van der Waals surface area contributed by atoms with Crippen LogP contribution in [0.2, 0.25) is 0 Å². The van der Waals surface area contributed by atoms with Gasteiger partial charge in [0.05, 0.1) is 6.26 Å². The molecule has 1 unspecified atom stereocenters. The fourth-order valence-corrected chi connectivity index (χ4v) is 3.19. The maximum Gasteiger partial charge on any atom is 0.225 e. The first-order valence-corrected chi connectivity index (χ1v) is 10.1. The molecule has 1 heterocycles. The second-order valence-corrected chi connectivity index (χ2v) is 7.77. The van der Waals surface area contributed by atoms with Gasteiger partial charge < -0.3 is 16.0 Å². The predicted octanol–water partition coefficient (Wildman–Crippen LogP) is 0.835. The summed E-state index contributed by atoms with van der Waals surface area (Å²) in [6, 6.07) is 7.79. The summed E-state index contributed by atoms with van der Waals surface area (Å²) in [7, 11) is -1.48. The van der Waals surface area contributed by atoms with Gasteiger partial charge in [0.2, 0.25) is 15.9 Å². The highest BCUT2D eigenvalue weighted by atomic mass is 127. The van der Waals surface area contributed by atoms with E-state index in [4.69, 9.17) is 0 Å². The Hall–Kier alpha value is -1.40. The second-order valence-electron chi connectivity index (χ2n) is 5.94. The Morgan fingerprint density at radius 3 is 2.69 bits per heavy atom. The molecule has 10 heteroatoms. The number of guanidine groups is 1. The Morgan fingerprint density at radius 2 is 2.00 bits per heavy atom. The molecule has 8 nitrogen and oxygen atoms in total. The van der Waals surface area contributed by atoms with Gasteiger partial charge in [0, 0.05) is 44.7 Å². The van der Waals surface area contributed by atoms with Crippen LogP contribution < -0.4 is 20.7 Å². The van der Waals surface area contributed by atoms with Gasteiger partial charge in [-0.3, -0.25) is 9.79 Å². The fraction of sp³-hybridized carbons (Fsp3) is 0.500. The molecule has 0 bridgehead atoms. The zero-order valence-electron chi connectivity index (χ0n) is 14.9. The average Bonchev–Trinajstić information content (AvgIpc) is 2.56. The van der Waals surface area contributed by atoms with E-state index in [0.29, 0.717) is 38.4 Å². The lowest BCUT2D eigenvalue weighted by atomic mass is 9.90. The molecular weight excluding hydrogens is 469 g/mol. The van der Waals surface area contributed by atoms with Crippen molar-refractivity contribution in [3.8, 4) is 0 Å². The highest BCUT2D eigenvalue weighted by molar-refractivity contribution is 14.0. The summed E-state index contributed by atoms with van der Waals surface area (Å²) in [6.07, 6.45) is 2.21. The van der Waals surface area contributed by atoms with Crippen LogP contribution in [0.3, 0.4) is 0 Å². The molecule has 1 amide bonds. The third-order valence-corrected chi connectivity index (χ3v) is 4.58. The largest absolute Gasteiger partial charge is 0.356 e. The highest BCUT2D eigenvalue weighted by Crippen LogP contribution is 2.31. The van der Waals surface area contributed by atoms with E-state index < -0.39 is 10.0 Å². The minimum absolute atomic E-state index is 0. The Kier molecular flexibility index (Phi) is 9.30. The molecule has 0 spiro atoms. The molecule has 1 atom stereocenters. The van der Waals surface area contributed by atoms with E-state index in [-0.39, 0.29) is 35.8 Å². The molecule has 0 saturated carbocycles. The van der Waals surface area contributed by atoms with Crippen molar-refractivity contribution in [2.24, 2.45) is 4.99 Å². The van der Waals surface area contributed by atoms with Crippen LogP contribution in [0.4, 0.5) is 5.69 Å². The van der Waals surface area contributed by atoms with Gasteiger partial charge in [-0.2, -0.15) is 0 Å². The number of carbonyl (C=O) groups excluding carboxylic acids is 1. The summed E-state index contributed by atoms with van der Waals surface area (Å²) in [6.45, 7) is 1.55. The Balaban J connectivity index is 0.00000338. The van der Waals surface area contributed by atoms with E-state index in [2.05, 4.69) is 25.7 Å². The molecule has 4 N–H and O–H groups in total. The number of nitrogens with zero attached hydrogens (tertiary/aromatic N) is 1. The molecule has 0 aliphatic carbocycles. The quantitative estimate of drug-likeness (QED) is 0.194. The number of rotatable bonds is 7. The van der Waals surface area contributed by atoms with E-state index in [1.54, 1.807) is 7.05 Å². The maximum atomic E-state index is 11.8. The number of amides is 1. The van der Waals surface area contributed by atoms with Gasteiger partial charge in [0.15, 0.2) is 5.96 Å². The average molecular weight is 495 g/mol.